The van der Waals surface area contributed by atoms with Crippen LogP contribution in [0.25, 0.3) is 0 Å². The van der Waals surface area contributed by atoms with Crippen LogP contribution in [0.1, 0.15) is 67.7 Å². The molecule has 0 aliphatic rings. The van der Waals surface area contributed by atoms with E-state index in [1.54, 1.807) is 27.7 Å². The monoisotopic (exact) mass is 346 g/mol. The summed E-state index contributed by atoms with van der Waals surface area (Å²) in [6.45, 7) is 19.1. The van der Waals surface area contributed by atoms with Gasteiger partial charge in [0.05, 0.1) is 17.6 Å². The maximum absolute atomic E-state index is 12.3. The number of unbranched alkanes of at least 4 members (excludes halogenated alkanes) is 1. The number of ether oxygens (including phenoxy) is 1. The highest BCUT2D eigenvalue weighted by molar-refractivity contribution is 6.74. The zero-order valence-corrected chi connectivity index (χ0v) is 17.7. The second-order valence-electron chi connectivity index (χ2n) is 8.68. The van der Waals surface area contributed by atoms with Crippen molar-refractivity contribution in [3.8, 4) is 0 Å². The average Bonchev–Trinajstić information content (AvgIpc) is 2.35. The smallest absolute Gasteiger partial charge is 0.314 e. The predicted octanol–water partition coefficient (Wildman–Crippen LogP) is 4.52. The van der Waals surface area contributed by atoms with E-state index < -0.39 is 19.3 Å². The first kappa shape index (κ1) is 22.6. The molecule has 0 saturated carbocycles. The number of esters is 1. The molecule has 0 aliphatic carbocycles. The molecule has 4 nitrogen and oxygen atoms in total. The van der Waals surface area contributed by atoms with Crippen LogP contribution in [-0.4, -0.2) is 38.2 Å². The summed E-state index contributed by atoms with van der Waals surface area (Å²) in [6, 6.07) is 0. The van der Waals surface area contributed by atoms with Crippen LogP contribution in [-0.2, 0) is 14.0 Å². The molecule has 138 valence electrons. The lowest BCUT2D eigenvalue weighted by Gasteiger charge is -2.38. The number of carbonyl (C=O) groups excluding carboxylic acids is 1. The molecule has 0 heterocycles. The fourth-order valence-corrected chi connectivity index (χ4v) is 3.16. The largest absolute Gasteiger partial charge is 0.465 e. The van der Waals surface area contributed by atoms with E-state index in [2.05, 4.69) is 33.9 Å². The van der Waals surface area contributed by atoms with Crippen LogP contribution in [0.2, 0.25) is 18.1 Å². The number of aliphatic hydroxyl groups is 1. The first-order chi connectivity index (χ1) is 10.2. The molecule has 0 fully saturated rings. The molecule has 0 aromatic rings. The lowest BCUT2D eigenvalue weighted by molar-refractivity contribution is -0.170. The average molecular weight is 347 g/mol. The van der Waals surface area contributed by atoms with E-state index >= 15 is 0 Å². The maximum Gasteiger partial charge on any atom is 0.314 e. The van der Waals surface area contributed by atoms with E-state index in [1.807, 2.05) is 0 Å². The van der Waals surface area contributed by atoms with Gasteiger partial charge >= 0.3 is 5.97 Å². The van der Waals surface area contributed by atoms with Gasteiger partial charge in [-0.05, 0) is 65.1 Å². The number of hydrogen-bond donors (Lipinski definition) is 1. The lowest BCUT2D eigenvalue weighted by Crippen LogP contribution is -2.48. The molecule has 0 saturated heterocycles. The normalized spacial score (nSPS) is 16.1. The van der Waals surface area contributed by atoms with Gasteiger partial charge in [-0.1, -0.05) is 20.8 Å². The zero-order valence-electron chi connectivity index (χ0n) is 16.7. The van der Waals surface area contributed by atoms with Gasteiger partial charge in [-0.25, -0.2) is 0 Å². The second kappa shape index (κ2) is 8.12. The Labute approximate surface area is 144 Å². The molecular formula is C18H38O4Si. The number of rotatable bonds is 9. The number of carbonyl (C=O) groups is 1. The summed E-state index contributed by atoms with van der Waals surface area (Å²) in [4.78, 5) is 12.3. The van der Waals surface area contributed by atoms with Crippen LogP contribution in [0.3, 0.4) is 0 Å². The van der Waals surface area contributed by atoms with E-state index in [-0.39, 0.29) is 11.0 Å². The third-order valence-corrected chi connectivity index (χ3v) is 9.95. The minimum Gasteiger partial charge on any atom is -0.465 e. The van der Waals surface area contributed by atoms with Crippen LogP contribution in [0.5, 0.6) is 0 Å². The number of hydrogen-bond acceptors (Lipinski definition) is 4. The molecule has 5 heteroatoms. The molecule has 0 aliphatic heterocycles. The van der Waals surface area contributed by atoms with E-state index in [1.165, 1.54) is 0 Å². The van der Waals surface area contributed by atoms with Crippen LogP contribution in [0.15, 0.2) is 0 Å². The van der Waals surface area contributed by atoms with Gasteiger partial charge in [0.25, 0.3) is 0 Å². The zero-order chi connectivity index (χ0) is 18.5. The van der Waals surface area contributed by atoms with E-state index in [0.717, 1.165) is 12.8 Å². The van der Waals surface area contributed by atoms with Gasteiger partial charge in [-0.2, -0.15) is 0 Å². The molecular weight excluding hydrogens is 308 g/mol. The molecule has 0 rings (SSSR count). The molecule has 23 heavy (non-hydrogen) atoms. The highest BCUT2D eigenvalue weighted by Gasteiger charge is 2.47. The molecule has 0 amide bonds. The molecule has 0 spiro atoms. The van der Waals surface area contributed by atoms with Crippen LogP contribution >= 0.6 is 0 Å². The summed E-state index contributed by atoms with van der Waals surface area (Å²) >= 11 is 0. The van der Waals surface area contributed by atoms with E-state index in [4.69, 9.17) is 9.16 Å². The topological polar surface area (TPSA) is 55.8 Å². The Morgan fingerprint density at radius 2 is 1.57 bits per heavy atom. The third-order valence-electron chi connectivity index (χ3n) is 5.42. The second-order valence-corrected chi connectivity index (χ2v) is 13.5. The molecule has 1 unspecified atom stereocenters. The van der Waals surface area contributed by atoms with E-state index in [9.17, 15) is 9.90 Å². The summed E-state index contributed by atoms with van der Waals surface area (Å²) in [5, 5.41) is 10.6. The molecule has 1 atom stereocenters. The van der Waals surface area contributed by atoms with Gasteiger partial charge in [-0.15, -0.1) is 0 Å². The summed E-state index contributed by atoms with van der Waals surface area (Å²) in [6.07, 6.45) is 2.31. The van der Waals surface area contributed by atoms with Gasteiger partial charge < -0.3 is 14.3 Å². The summed E-state index contributed by atoms with van der Waals surface area (Å²) in [7, 11) is -1.71. The van der Waals surface area contributed by atoms with Gasteiger partial charge in [-0.3, -0.25) is 4.79 Å². The minimum absolute atomic E-state index is 0.208. The quantitative estimate of drug-likeness (QED) is 0.379. The van der Waals surface area contributed by atoms with E-state index in [0.29, 0.717) is 19.6 Å². The maximum atomic E-state index is 12.3. The Balaban J connectivity index is 4.55. The van der Waals surface area contributed by atoms with Crippen molar-refractivity contribution >= 4 is 14.3 Å². The Hall–Kier alpha value is -0.393. The first-order valence-electron chi connectivity index (χ1n) is 8.72. The molecule has 0 aromatic carbocycles. The Kier molecular flexibility index (Phi) is 7.98. The Morgan fingerprint density at radius 1 is 1.04 bits per heavy atom. The van der Waals surface area contributed by atoms with Gasteiger partial charge in [0.1, 0.15) is 0 Å². The van der Waals surface area contributed by atoms with Crippen molar-refractivity contribution in [3.05, 3.63) is 0 Å². The van der Waals surface area contributed by atoms with Crippen molar-refractivity contribution in [1.82, 2.24) is 0 Å². The van der Waals surface area contributed by atoms with Crippen molar-refractivity contribution in [2.75, 3.05) is 13.2 Å². The molecule has 1 N–H and O–H groups in total. The first-order valence-corrected chi connectivity index (χ1v) is 11.6. The summed E-state index contributed by atoms with van der Waals surface area (Å²) < 4.78 is 11.3. The van der Waals surface area contributed by atoms with Crippen LogP contribution < -0.4 is 0 Å². The molecule has 0 bridgehead atoms. The van der Waals surface area contributed by atoms with Gasteiger partial charge in [0.2, 0.25) is 0 Å². The molecule has 0 aromatic heterocycles. The van der Waals surface area contributed by atoms with Crippen molar-refractivity contribution in [3.63, 3.8) is 0 Å². The fraction of sp³-hybridized carbons (Fsp3) is 0.944. The predicted molar refractivity (Wildman–Crippen MR) is 98.0 cm³/mol. The summed E-state index contributed by atoms with van der Waals surface area (Å²) in [5.74, 6) is -0.321. The van der Waals surface area contributed by atoms with Crippen LogP contribution in [0.4, 0.5) is 0 Å². The Morgan fingerprint density at radius 3 is 1.96 bits per heavy atom. The Bertz CT molecular complexity index is 379. The van der Waals surface area contributed by atoms with Crippen molar-refractivity contribution < 1.29 is 19.1 Å². The SMILES string of the molecule is CCOC(=O)C(C)(CCCCO[Si](C)(C)C(C)(C)C)C(C)(C)O. The lowest BCUT2D eigenvalue weighted by atomic mass is 9.72. The minimum atomic E-state index is -1.71. The highest BCUT2D eigenvalue weighted by Crippen LogP contribution is 2.39. The van der Waals surface area contributed by atoms with Gasteiger partial charge in [0, 0.05) is 6.61 Å². The standard InChI is InChI=1S/C18H38O4Si/c1-10-21-15(19)18(7,17(5,6)20)13-11-12-14-22-23(8,9)16(2,3)4/h20H,10-14H2,1-9H3. The van der Waals surface area contributed by atoms with Crippen LogP contribution in [0, 0.1) is 5.41 Å². The van der Waals surface area contributed by atoms with Crippen molar-refractivity contribution in [2.24, 2.45) is 5.41 Å². The summed E-state index contributed by atoms with van der Waals surface area (Å²) in [5.41, 5.74) is -2.00. The third kappa shape index (κ3) is 6.20. The van der Waals surface area contributed by atoms with Crippen molar-refractivity contribution in [1.29, 1.82) is 0 Å². The van der Waals surface area contributed by atoms with Gasteiger partial charge in [0.15, 0.2) is 8.32 Å². The fourth-order valence-electron chi connectivity index (χ4n) is 2.07. The molecule has 0 radical (unpaired) electrons. The highest BCUT2D eigenvalue weighted by atomic mass is 28.4. The van der Waals surface area contributed by atoms with Crippen molar-refractivity contribution in [2.45, 2.75) is 91.5 Å².